The first-order chi connectivity index (χ1) is 13.8. The number of aromatic nitrogens is 2. The third kappa shape index (κ3) is 4.16. The lowest BCUT2D eigenvalue weighted by Crippen LogP contribution is -2.37. The number of hydrogen-bond donors (Lipinski definition) is 0. The molecule has 8 nitrogen and oxygen atoms in total. The van der Waals surface area contributed by atoms with Gasteiger partial charge in [-0.1, -0.05) is 12.1 Å². The Labute approximate surface area is 172 Å². The second-order valence-electron chi connectivity index (χ2n) is 7.10. The number of amides is 1. The first-order valence-corrected chi connectivity index (χ1v) is 11.2. The molecule has 9 heteroatoms. The third-order valence-corrected chi connectivity index (χ3v) is 7.35. The summed E-state index contributed by atoms with van der Waals surface area (Å²) in [5.74, 6) is 0.414. The number of rotatable bonds is 5. The molecule has 1 aliphatic heterocycles. The third-order valence-electron chi connectivity index (χ3n) is 5.20. The van der Waals surface area contributed by atoms with E-state index < -0.39 is 10.0 Å². The van der Waals surface area contributed by atoms with E-state index >= 15 is 0 Å². The lowest BCUT2D eigenvalue weighted by molar-refractivity contribution is 0.0760. The SMILES string of the molecule is CCOc1ccccc1C(=O)N1CCCN(S(=O)(=O)c2c(C)nn(C)c2C)CC1. The number of ether oxygens (including phenoxy) is 1. The molecule has 0 radical (unpaired) electrons. The fourth-order valence-electron chi connectivity index (χ4n) is 3.69. The zero-order valence-electron chi connectivity index (χ0n) is 17.4. The number of benzene rings is 1. The Bertz CT molecular complexity index is 1000. The van der Waals surface area contributed by atoms with E-state index in [1.54, 1.807) is 48.7 Å². The number of para-hydroxylation sites is 1. The van der Waals surface area contributed by atoms with E-state index in [2.05, 4.69) is 5.10 Å². The largest absolute Gasteiger partial charge is 0.493 e. The van der Waals surface area contributed by atoms with Crippen molar-refractivity contribution >= 4 is 15.9 Å². The summed E-state index contributed by atoms with van der Waals surface area (Å²) >= 11 is 0. The van der Waals surface area contributed by atoms with Crippen LogP contribution in [0, 0.1) is 13.8 Å². The van der Waals surface area contributed by atoms with Gasteiger partial charge < -0.3 is 9.64 Å². The van der Waals surface area contributed by atoms with Gasteiger partial charge in [0.1, 0.15) is 10.6 Å². The standard InChI is InChI=1S/C20H28N4O4S/c1-5-28-18-10-7-6-9-17(18)20(25)23-11-8-12-24(14-13-23)29(26,27)19-15(2)21-22(4)16(19)3/h6-7,9-10H,5,8,11-14H2,1-4H3. The van der Waals surface area contributed by atoms with Crippen molar-refractivity contribution < 1.29 is 17.9 Å². The summed E-state index contributed by atoms with van der Waals surface area (Å²) in [6.07, 6.45) is 0.570. The van der Waals surface area contributed by atoms with E-state index in [0.29, 0.717) is 55.4 Å². The first-order valence-electron chi connectivity index (χ1n) is 9.78. The van der Waals surface area contributed by atoms with Crippen LogP contribution in [0.25, 0.3) is 0 Å². The van der Waals surface area contributed by atoms with Crippen LogP contribution in [0.1, 0.15) is 35.1 Å². The molecule has 158 valence electrons. The van der Waals surface area contributed by atoms with Crippen molar-refractivity contribution in [3.63, 3.8) is 0 Å². The highest BCUT2D eigenvalue weighted by atomic mass is 32.2. The van der Waals surface area contributed by atoms with E-state index in [4.69, 9.17) is 4.74 Å². The van der Waals surface area contributed by atoms with E-state index in [0.717, 1.165) is 0 Å². The van der Waals surface area contributed by atoms with Crippen LogP contribution >= 0.6 is 0 Å². The van der Waals surface area contributed by atoms with Gasteiger partial charge in [0, 0.05) is 33.2 Å². The highest BCUT2D eigenvalue weighted by molar-refractivity contribution is 7.89. The normalized spacial score (nSPS) is 15.9. The maximum atomic E-state index is 13.2. The van der Waals surface area contributed by atoms with Gasteiger partial charge in [0.25, 0.3) is 5.91 Å². The first kappa shape index (κ1) is 21.3. The molecule has 1 aromatic heterocycles. The molecule has 0 saturated carbocycles. The second kappa shape index (κ2) is 8.54. The molecule has 1 aliphatic rings. The Balaban J connectivity index is 1.80. The minimum atomic E-state index is -3.67. The molecule has 1 aromatic carbocycles. The molecule has 0 unspecified atom stereocenters. The van der Waals surface area contributed by atoms with E-state index in [1.807, 2.05) is 13.0 Å². The molecule has 0 spiro atoms. The van der Waals surface area contributed by atoms with Crippen molar-refractivity contribution in [3.05, 3.63) is 41.2 Å². The Hall–Kier alpha value is -2.39. The van der Waals surface area contributed by atoms with Crippen LogP contribution in [0.15, 0.2) is 29.2 Å². The van der Waals surface area contributed by atoms with Gasteiger partial charge in [0.2, 0.25) is 10.0 Å². The van der Waals surface area contributed by atoms with Crippen molar-refractivity contribution in [2.75, 3.05) is 32.8 Å². The second-order valence-corrected chi connectivity index (χ2v) is 8.98. The Morgan fingerprint density at radius 2 is 1.86 bits per heavy atom. The minimum absolute atomic E-state index is 0.137. The van der Waals surface area contributed by atoms with Gasteiger partial charge >= 0.3 is 0 Å². The zero-order chi connectivity index (χ0) is 21.2. The summed E-state index contributed by atoms with van der Waals surface area (Å²) in [4.78, 5) is 15.0. The molecule has 1 saturated heterocycles. The lowest BCUT2D eigenvalue weighted by Gasteiger charge is -2.23. The van der Waals surface area contributed by atoms with Gasteiger partial charge in [0.05, 0.1) is 23.6 Å². The Morgan fingerprint density at radius 1 is 1.14 bits per heavy atom. The average Bonchev–Trinajstić information content (AvgIpc) is 2.86. The summed E-state index contributed by atoms with van der Waals surface area (Å²) in [6.45, 7) is 7.25. The Kier molecular flexibility index (Phi) is 6.28. The lowest BCUT2D eigenvalue weighted by atomic mass is 10.1. The van der Waals surface area contributed by atoms with Crippen molar-refractivity contribution in [3.8, 4) is 5.75 Å². The molecule has 1 fully saturated rings. The van der Waals surface area contributed by atoms with Crippen LogP contribution in [-0.2, 0) is 17.1 Å². The molecule has 0 N–H and O–H groups in total. The smallest absolute Gasteiger partial charge is 0.257 e. The topological polar surface area (TPSA) is 84.7 Å². The predicted octanol–water partition coefficient (Wildman–Crippen LogP) is 1.97. The van der Waals surface area contributed by atoms with Crippen LogP contribution in [-0.4, -0.2) is 66.1 Å². The Morgan fingerprint density at radius 3 is 2.52 bits per heavy atom. The number of aryl methyl sites for hydroxylation is 2. The summed E-state index contributed by atoms with van der Waals surface area (Å²) in [5.41, 5.74) is 1.61. The van der Waals surface area contributed by atoms with Crippen molar-refractivity contribution in [1.82, 2.24) is 19.0 Å². The molecule has 2 heterocycles. The summed E-state index contributed by atoms with van der Waals surface area (Å²) < 4.78 is 35.1. The van der Waals surface area contributed by atoms with Crippen molar-refractivity contribution in [1.29, 1.82) is 0 Å². The monoisotopic (exact) mass is 420 g/mol. The van der Waals surface area contributed by atoms with Crippen LogP contribution in [0.5, 0.6) is 5.75 Å². The van der Waals surface area contributed by atoms with Crippen LogP contribution in [0.4, 0.5) is 0 Å². The van der Waals surface area contributed by atoms with Gasteiger partial charge in [0.15, 0.2) is 0 Å². The van der Waals surface area contributed by atoms with Crippen LogP contribution < -0.4 is 4.74 Å². The molecule has 0 aliphatic carbocycles. The maximum Gasteiger partial charge on any atom is 0.257 e. The van der Waals surface area contributed by atoms with Crippen molar-refractivity contribution in [2.45, 2.75) is 32.1 Å². The van der Waals surface area contributed by atoms with E-state index in [-0.39, 0.29) is 17.3 Å². The molecule has 2 aromatic rings. The van der Waals surface area contributed by atoms with E-state index in [9.17, 15) is 13.2 Å². The number of hydrogen-bond acceptors (Lipinski definition) is 5. The predicted molar refractivity (Wildman–Crippen MR) is 110 cm³/mol. The molecular formula is C20H28N4O4S. The molecule has 0 atom stereocenters. The van der Waals surface area contributed by atoms with Gasteiger partial charge in [-0.3, -0.25) is 9.48 Å². The molecular weight excluding hydrogens is 392 g/mol. The number of carbonyl (C=O) groups is 1. The van der Waals surface area contributed by atoms with Gasteiger partial charge in [-0.2, -0.15) is 9.40 Å². The summed E-state index contributed by atoms with van der Waals surface area (Å²) in [7, 11) is -1.93. The molecule has 29 heavy (non-hydrogen) atoms. The van der Waals surface area contributed by atoms with Gasteiger partial charge in [-0.15, -0.1) is 0 Å². The number of nitrogens with zero attached hydrogens (tertiary/aromatic N) is 4. The molecule has 0 bridgehead atoms. The van der Waals surface area contributed by atoms with E-state index in [1.165, 1.54) is 4.31 Å². The highest BCUT2D eigenvalue weighted by Gasteiger charge is 2.33. The van der Waals surface area contributed by atoms with Gasteiger partial charge in [-0.25, -0.2) is 8.42 Å². The van der Waals surface area contributed by atoms with Gasteiger partial charge in [-0.05, 0) is 39.3 Å². The quantitative estimate of drug-likeness (QED) is 0.738. The summed E-state index contributed by atoms with van der Waals surface area (Å²) in [6, 6.07) is 7.16. The van der Waals surface area contributed by atoms with Crippen LogP contribution in [0.3, 0.4) is 0 Å². The molecule has 1 amide bonds. The van der Waals surface area contributed by atoms with Crippen molar-refractivity contribution in [2.24, 2.45) is 7.05 Å². The average molecular weight is 421 g/mol. The number of carbonyl (C=O) groups excluding carboxylic acids is 1. The zero-order valence-corrected chi connectivity index (χ0v) is 18.2. The fourth-order valence-corrected chi connectivity index (χ4v) is 5.56. The minimum Gasteiger partial charge on any atom is -0.493 e. The number of sulfonamides is 1. The summed E-state index contributed by atoms with van der Waals surface area (Å²) in [5, 5.41) is 4.24. The highest BCUT2D eigenvalue weighted by Crippen LogP contribution is 2.25. The van der Waals surface area contributed by atoms with Crippen LogP contribution in [0.2, 0.25) is 0 Å². The molecule has 3 rings (SSSR count). The maximum absolute atomic E-state index is 13.2. The fraction of sp³-hybridized carbons (Fsp3) is 0.500.